The van der Waals surface area contributed by atoms with E-state index in [-0.39, 0.29) is 17.3 Å². The Labute approximate surface area is 115 Å². The summed E-state index contributed by atoms with van der Waals surface area (Å²) in [7, 11) is 0. The summed E-state index contributed by atoms with van der Waals surface area (Å²) in [5, 5.41) is 21.0. The minimum Gasteiger partial charge on any atom is -0.394 e. The molecule has 5 heteroatoms. The first-order chi connectivity index (χ1) is 8.14. The molecular weight excluding hydrogens is 250 g/mol. The molecule has 0 saturated carbocycles. The van der Waals surface area contributed by atoms with Crippen molar-refractivity contribution in [1.82, 2.24) is 5.32 Å². The van der Waals surface area contributed by atoms with E-state index in [4.69, 9.17) is 5.11 Å². The van der Waals surface area contributed by atoms with E-state index < -0.39 is 11.5 Å². The van der Waals surface area contributed by atoms with E-state index in [1.54, 1.807) is 11.8 Å². The third-order valence-corrected chi connectivity index (χ3v) is 4.17. The molecule has 1 atom stereocenters. The highest BCUT2D eigenvalue weighted by Crippen LogP contribution is 2.37. The van der Waals surface area contributed by atoms with E-state index in [9.17, 15) is 9.90 Å². The number of amides is 1. The van der Waals surface area contributed by atoms with Crippen molar-refractivity contribution in [2.24, 2.45) is 5.41 Å². The Hall–Kier alpha value is -0.260. The zero-order chi connectivity index (χ0) is 14.4. The lowest BCUT2D eigenvalue weighted by Gasteiger charge is -2.34. The Balaban J connectivity index is 4.41. The standard InChI is InChI=1S/C13H27NO3S/c1-6-14-11(17)12(2,3)9-13(4,5)18-8-10(16)7-15/h10,15-16H,6-9H2,1-5H3,(H,14,17). The van der Waals surface area contributed by atoms with Gasteiger partial charge in [0.2, 0.25) is 5.91 Å². The lowest BCUT2D eigenvalue weighted by atomic mass is 9.82. The maximum Gasteiger partial charge on any atom is 0.225 e. The fourth-order valence-electron chi connectivity index (χ4n) is 1.97. The number of carbonyl (C=O) groups is 1. The van der Waals surface area contributed by atoms with Gasteiger partial charge in [-0.25, -0.2) is 0 Å². The summed E-state index contributed by atoms with van der Waals surface area (Å²) in [5.74, 6) is 0.538. The van der Waals surface area contributed by atoms with Gasteiger partial charge in [0.05, 0.1) is 12.7 Å². The van der Waals surface area contributed by atoms with Crippen molar-refractivity contribution in [2.45, 2.75) is 51.9 Å². The molecule has 0 aromatic rings. The summed E-state index contributed by atoms with van der Waals surface area (Å²) in [6.07, 6.45) is 0.0242. The highest BCUT2D eigenvalue weighted by Gasteiger charge is 2.34. The summed E-state index contributed by atoms with van der Waals surface area (Å²) in [6, 6.07) is 0. The average Bonchev–Trinajstić information content (AvgIpc) is 2.25. The topological polar surface area (TPSA) is 69.6 Å². The van der Waals surface area contributed by atoms with Crippen LogP contribution in [0.15, 0.2) is 0 Å². The lowest BCUT2D eigenvalue weighted by Crippen LogP contribution is -2.40. The zero-order valence-corrected chi connectivity index (χ0v) is 12.9. The summed E-state index contributed by atoms with van der Waals surface area (Å²) in [4.78, 5) is 11.9. The monoisotopic (exact) mass is 277 g/mol. The van der Waals surface area contributed by atoms with Crippen LogP contribution in [0, 0.1) is 5.41 Å². The summed E-state index contributed by atoms with van der Waals surface area (Å²) < 4.78 is -0.120. The largest absolute Gasteiger partial charge is 0.394 e. The molecule has 0 aromatic heterocycles. The van der Waals surface area contributed by atoms with Gasteiger partial charge < -0.3 is 15.5 Å². The number of aliphatic hydroxyl groups excluding tert-OH is 2. The molecule has 1 unspecified atom stereocenters. The molecule has 1 amide bonds. The molecule has 0 bridgehead atoms. The normalized spacial score (nSPS) is 14.4. The van der Waals surface area contributed by atoms with E-state index in [2.05, 4.69) is 19.2 Å². The number of aliphatic hydroxyl groups is 2. The van der Waals surface area contributed by atoms with E-state index in [1.807, 2.05) is 20.8 Å². The first-order valence-electron chi connectivity index (χ1n) is 6.36. The molecule has 0 aliphatic rings. The molecule has 0 fully saturated rings. The molecule has 0 spiro atoms. The number of thioether (sulfide) groups is 1. The molecule has 4 nitrogen and oxygen atoms in total. The van der Waals surface area contributed by atoms with Crippen molar-refractivity contribution in [3.05, 3.63) is 0 Å². The van der Waals surface area contributed by atoms with E-state index in [1.165, 1.54) is 0 Å². The molecule has 0 aliphatic heterocycles. The SMILES string of the molecule is CCNC(=O)C(C)(C)CC(C)(C)SCC(O)CO. The quantitative estimate of drug-likeness (QED) is 0.627. The number of nitrogens with one attached hydrogen (secondary N) is 1. The predicted molar refractivity (Wildman–Crippen MR) is 76.7 cm³/mol. The first kappa shape index (κ1) is 17.7. The Bertz CT molecular complexity index is 267. The molecule has 0 aliphatic carbocycles. The number of hydrogen-bond acceptors (Lipinski definition) is 4. The lowest BCUT2D eigenvalue weighted by molar-refractivity contribution is -0.129. The van der Waals surface area contributed by atoms with Crippen LogP contribution in [-0.2, 0) is 4.79 Å². The Morgan fingerprint density at radius 2 is 1.89 bits per heavy atom. The molecule has 18 heavy (non-hydrogen) atoms. The van der Waals surface area contributed by atoms with Gasteiger partial charge in [0.1, 0.15) is 0 Å². The van der Waals surface area contributed by atoms with Gasteiger partial charge in [0.15, 0.2) is 0 Å². The van der Waals surface area contributed by atoms with Crippen LogP contribution in [0.3, 0.4) is 0 Å². The maximum absolute atomic E-state index is 11.9. The second kappa shape index (κ2) is 7.36. The van der Waals surface area contributed by atoms with Crippen LogP contribution < -0.4 is 5.32 Å². The Morgan fingerprint density at radius 1 is 1.33 bits per heavy atom. The van der Waals surface area contributed by atoms with Crippen molar-refractivity contribution in [3.8, 4) is 0 Å². The summed E-state index contributed by atoms with van der Waals surface area (Å²) >= 11 is 1.58. The molecule has 0 rings (SSSR count). The molecule has 0 aromatic carbocycles. The molecule has 0 saturated heterocycles. The van der Waals surface area contributed by atoms with Crippen LogP contribution in [0.25, 0.3) is 0 Å². The maximum atomic E-state index is 11.9. The van der Waals surface area contributed by atoms with Crippen LogP contribution in [0.1, 0.15) is 41.0 Å². The van der Waals surface area contributed by atoms with Gasteiger partial charge in [-0.2, -0.15) is 11.8 Å². The Kier molecular flexibility index (Phi) is 7.25. The van der Waals surface area contributed by atoms with Gasteiger partial charge in [0, 0.05) is 22.5 Å². The van der Waals surface area contributed by atoms with Crippen molar-refractivity contribution < 1.29 is 15.0 Å². The second-order valence-corrected chi connectivity index (χ2v) is 7.55. The number of rotatable bonds is 8. The van der Waals surface area contributed by atoms with Crippen LogP contribution in [0.5, 0.6) is 0 Å². The smallest absolute Gasteiger partial charge is 0.225 e. The van der Waals surface area contributed by atoms with Crippen molar-refractivity contribution >= 4 is 17.7 Å². The molecular formula is C13H27NO3S. The minimum absolute atomic E-state index is 0.0568. The number of carbonyl (C=O) groups excluding carboxylic acids is 1. The molecule has 108 valence electrons. The highest BCUT2D eigenvalue weighted by molar-refractivity contribution is 8.00. The number of hydrogen-bond donors (Lipinski definition) is 3. The fourth-order valence-corrected chi connectivity index (χ4v) is 3.18. The molecule has 0 radical (unpaired) electrons. The minimum atomic E-state index is -0.693. The van der Waals surface area contributed by atoms with Gasteiger partial charge in [-0.15, -0.1) is 0 Å². The second-order valence-electron chi connectivity index (χ2n) is 5.83. The van der Waals surface area contributed by atoms with E-state index >= 15 is 0 Å². The van der Waals surface area contributed by atoms with Crippen LogP contribution in [-0.4, -0.2) is 45.9 Å². The van der Waals surface area contributed by atoms with Crippen LogP contribution in [0.2, 0.25) is 0 Å². The predicted octanol–water partition coefficient (Wildman–Crippen LogP) is 1.40. The van der Waals surface area contributed by atoms with Crippen LogP contribution >= 0.6 is 11.8 Å². The van der Waals surface area contributed by atoms with Gasteiger partial charge >= 0.3 is 0 Å². The Morgan fingerprint density at radius 3 is 2.33 bits per heavy atom. The summed E-state index contributed by atoms with van der Waals surface area (Å²) in [6.45, 7) is 10.3. The first-order valence-corrected chi connectivity index (χ1v) is 7.34. The molecule has 0 heterocycles. The third kappa shape index (κ3) is 6.61. The van der Waals surface area contributed by atoms with E-state index in [0.717, 1.165) is 0 Å². The fraction of sp³-hybridized carbons (Fsp3) is 0.923. The van der Waals surface area contributed by atoms with Gasteiger partial charge in [-0.3, -0.25) is 4.79 Å². The van der Waals surface area contributed by atoms with E-state index in [0.29, 0.717) is 18.7 Å². The van der Waals surface area contributed by atoms with Gasteiger partial charge in [-0.05, 0) is 13.3 Å². The van der Waals surface area contributed by atoms with Crippen molar-refractivity contribution in [2.75, 3.05) is 18.9 Å². The van der Waals surface area contributed by atoms with Gasteiger partial charge in [0.25, 0.3) is 0 Å². The summed E-state index contributed by atoms with van der Waals surface area (Å²) in [5.41, 5.74) is -0.434. The average molecular weight is 277 g/mol. The highest BCUT2D eigenvalue weighted by atomic mass is 32.2. The van der Waals surface area contributed by atoms with Crippen molar-refractivity contribution in [3.63, 3.8) is 0 Å². The van der Waals surface area contributed by atoms with Crippen LogP contribution in [0.4, 0.5) is 0 Å². The third-order valence-electron chi connectivity index (χ3n) is 2.70. The van der Waals surface area contributed by atoms with Gasteiger partial charge in [-0.1, -0.05) is 27.7 Å². The van der Waals surface area contributed by atoms with Crippen molar-refractivity contribution in [1.29, 1.82) is 0 Å². The zero-order valence-electron chi connectivity index (χ0n) is 12.1. The molecule has 3 N–H and O–H groups in total.